The summed E-state index contributed by atoms with van der Waals surface area (Å²) in [5, 5.41) is 17.1. The van der Waals surface area contributed by atoms with Crippen LogP contribution in [-0.4, -0.2) is 24.4 Å². The Morgan fingerprint density at radius 2 is 2.10 bits per heavy atom. The Hall–Kier alpha value is -1.50. The van der Waals surface area contributed by atoms with Crippen LogP contribution in [0, 0.1) is 11.6 Å². The molecule has 1 aromatic carbocycles. The second-order valence-corrected chi connectivity index (χ2v) is 5.51. The SMILES string of the molecule is CC(NCC(O)COc1ccc(F)c(F)c1)c1ccsc1. The average molecular weight is 313 g/mol. The Bertz CT molecular complexity index is 563. The van der Waals surface area contributed by atoms with Crippen LogP contribution in [0.1, 0.15) is 18.5 Å². The van der Waals surface area contributed by atoms with E-state index < -0.39 is 17.7 Å². The highest BCUT2D eigenvalue weighted by atomic mass is 32.1. The minimum absolute atomic E-state index is 0.00836. The van der Waals surface area contributed by atoms with Gasteiger partial charge in [0.1, 0.15) is 18.5 Å². The van der Waals surface area contributed by atoms with Crippen molar-refractivity contribution in [2.24, 2.45) is 0 Å². The first-order chi connectivity index (χ1) is 10.1. The maximum atomic E-state index is 13.0. The molecule has 2 N–H and O–H groups in total. The molecule has 0 fully saturated rings. The number of halogens is 2. The van der Waals surface area contributed by atoms with Crippen LogP contribution in [0.2, 0.25) is 0 Å². The molecule has 21 heavy (non-hydrogen) atoms. The van der Waals surface area contributed by atoms with Crippen LogP contribution >= 0.6 is 11.3 Å². The van der Waals surface area contributed by atoms with Crippen LogP contribution in [0.15, 0.2) is 35.0 Å². The Morgan fingerprint density at radius 1 is 1.29 bits per heavy atom. The third-order valence-corrected chi connectivity index (χ3v) is 3.74. The molecule has 0 saturated heterocycles. The highest BCUT2D eigenvalue weighted by Gasteiger charge is 2.10. The van der Waals surface area contributed by atoms with Crippen molar-refractivity contribution in [1.82, 2.24) is 5.32 Å². The molecule has 0 saturated carbocycles. The van der Waals surface area contributed by atoms with Gasteiger partial charge in [-0.1, -0.05) is 0 Å². The Labute approximate surface area is 126 Å². The predicted octanol–water partition coefficient (Wildman–Crippen LogP) is 3.12. The Kier molecular flexibility index (Phi) is 5.67. The number of rotatable bonds is 7. The van der Waals surface area contributed by atoms with E-state index in [1.165, 1.54) is 6.07 Å². The molecule has 0 aliphatic rings. The third kappa shape index (κ3) is 4.77. The van der Waals surface area contributed by atoms with Gasteiger partial charge in [0.25, 0.3) is 0 Å². The van der Waals surface area contributed by atoms with Gasteiger partial charge < -0.3 is 15.2 Å². The van der Waals surface area contributed by atoms with Gasteiger partial charge >= 0.3 is 0 Å². The summed E-state index contributed by atoms with van der Waals surface area (Å²) in [4.78, 5) is 0. The molecule has 0 aliphatic carbocycles. The van der Waals surface area contributed by atoms with Crippen LogP contribution in [0.4, 0.5) is 8.78 Å². The zero-order valence-electron chi connectivity index (χ0n) is 11.6. The summed E-state index contributed by atoms with van der Waals surface area (Å²) in [5.41, 5.74) is 1.16. The number of aliphatic hydroxyl groups excluding tert-OH is 1. The van der Waals surface area contributed by atoms with E-state index in [1.54, 1.807) is 11.3 Å². The lowest BCUT2D eigenvalue weighted by atomic mass is 10.2. The minimum Gasteiger partial charge on any atom is -0.491 e. The van der Waals surface area contributed by atoms with Gasteiger partial charge in [0.15, 0.2) is 11.6 Å². The molecular formula is C15H17F2NO2S. The second kappa shape index (κ2) is 7.49. The molecule has 0 radical (unpaired) electrons. The molecule has 114 valence electrons. The summed E-state index contributed by atoms with van der Waals surface area (Å²) in [7, 11) is 0. The van der Waals surface area contributed by atoms with Gasteiger partial charge in [0, 0.05) is 18.7 Å². The van der Waals surface area contributed by atoms with Gasteiger partial charge in [0.2, 0.25) is 0 Å². The van der Waals surface area contributed by atoms with Crippen LogP contribution in [0.3, 0.4) is 0 Å². The van der Waals surface area contributed by atoms with E-state index in [4.69, 9.17) is 4.74 Å². The minimum atomic E-state index is -0.966. The molecule has 0 amide bonds. The number of nitrogens with one attached hydrogen (secondary N) is 1. The quantitative estimate of drug-likeness (QED) is 0.825. The maximum absolute atomic E-state index is 13.0. The summed E-state index contributed by atoms with van der Waals surface area (Å²) >= 11 is 1.62. The van der Waals surface area contributed by atoms with Crippen molar-refractivity contribution in [3.8, 4) is 5.75 Å². The highest BCUT2D eigenvalue weighted by Crippen LogP contribution is 2.16. The lowest BCUT2D eigenvalue weighted by molar-refractivity contribution is 0.104. The fourth-order valence-corrected chi connectivity index (χ4v) is 2.52. The first-order valence-electron chi connectivity index (χ1n) is 6.57. The molecule has 0 spiro atoms. The van der Waals surface area contributed by atoms with Gasteiger partial charge in [-0.05, 0) is 41.4 Å². The van der Waals surface area contributed by atoms with Crippen LogP contribution in [0.25, 0.3) is 0 Å². The van der Waals surface area contributed by atoms with Crippen molar-refractivity contribution in [3.05, 3.63) is 52.2 Å². The summed E-state index contributed by atoms with van der Waals surface area (Å²) in [5.74, 6) is -1.70. The number of ether oxygens (including phenoxy) is 1. The molecule has 2 unspecified atom stereocenters. The normalized spacial score (nSPS) is 13.9. The largest absolute Gasteiger partial charge is 0.491 e. The van der Waals surface area contributed by atoms with Gasteiger partial charge in [-0.15, -0.1) is 0 Å². The van der Waals surface area contributed by atoms with E-state index in [9.17, 15) is 13.9 Å². The van der Waals surface area contributed by atoms with E-state index in [-0.39, 0.29) is 18.4 Å². The smallest absolute Gasteiger partial charge is 0.162 e. The zero-order valence-corrected chi connectivity index (χ0v) is 12.4. The van der Waals surface area contributed by atoms with Gasteiger partial charge in [-0.2, -0.15) is 11.3 Å². The first-order valence-corrected chi connectivity index (χ1v) is 7.52. The van der Waals surface area contributed by atoms with Gasteiger partial charge in [0.05, 0.1) is 0 Å². The van der Waals surface area contributed by atoms with Gasteiger partial charge in [-0.3, -0.25) is 0 Å². The van der Waals surface area contributed by atoms with Crippen molar-refractivity contribution in [1.29, 1.82) is 0 Å². The zero-order chi connectivity index (χ0) is 15.2. The van der Waals surface area contributed by atoms with E-state index in [0.29, 0.717) is 6.54 Å². The fourth-order valence-electron chi connectivity index (χ4n) is 1.77. The number of hydrogen-bond acceptors (Lipinski definition) is 4. The topological polar surface area (TPSA) is 41.5 Å². The molecule has 6 heteroatoms. The van der Waals surface area contributed by atoms with Crippen molar-refractivity contribution >= 4 is 11.3 Å². The second-order valence-electron chi connectivity index (χ2n) is 4.73. The summed E-state index contributed by atoms with van der Waals surface area (Å²) in [6, 6.07) is 5.44. The Morgan fingerprint density at radius 3 is 2.76 bits per heavy atom. The number of aliphatic hydroxyl groups is 1. The maximum Gasteiger partial charge on any atom is 0.162 e. The fraction of sp³-hybridized carbons (Fsp3) is 0.333. The monoisotopic (exact) mass is 313 g/mol. The third-order valence-electron chi connectivity index (χ3n) is 3.04. The average Bonchev–Trinajstić information content (AvgIpc) is 3.00. The highest BCUT2D eigenvalue weighted by molar-refractivity contribution is 7.07. The van der Waals surface area contributed by atoms with Crippen LogP contribution in [0.5, 0.6) is 5.75 Å². The summed E-state index contributed by atoms with van der Waals surface area (Å²) in [6.45, 7) is 2.36. The molecule has 0 bridgehead atoms. The van der Waals surface area contributed by atoms with Crippen molar-refractivity contribution in [2.75, 3.05) is 13.2 Å². The molecular weight excluding hydrogens is 296 g/mol. The van der Waals surface area contributed by atoms with Crippen LogP contribution < -0.4 is 10.1 Å². The number of hydrogen-bond donors (Lipinski definition) is 2. The molecule has 2 rings (SSSR count). The van der Waals surface area contributed by atoms with Gasteiger partial charge in [-0.25, -0.2) is 8.78 Å². The molecule has 1 aromatic heterocycles. The first kappa shape index (κ1) is 15.9. The molecule has 3 nitrogen and oxygen atoms in total. The lowest BCUT2D eigenvalue weighted by Crippen LogP contribution is -2.32. The van der Waals surface area contributed by atoms with Crippen molar-refractivity contribution in [3.63, 3.8) is 0 Å². The summed E-state index contributed by atoms with van der Waals surface area (Å²) in [6.07, 6.45) is -0.737. The molecule has 2 atom stereocenters. The molecule has 1 heterocycles. The standard InChI is InChI=1S/C15H17F2NO2S/c1-10(11-4-5-21-9-11)18-7-12(19)8-20-13-2-3-14(16)15(17)6-13/h2-6,9-10,12,18-19H,7-8H2,1H3. The van der Waals surface area contributed by atoms with Crippen LogP contribution in [-0.2, 0) is 0 Å². The number of thiophene rings is 1. The lowest BCUT2D eigenvalue weighted by Gasteiger charge is -2.17. The predicted molar refractivity (Wildman–Crippen MR) is 78.6 cm³/mol. The Balaban J connectivity index is 1.74. The van der Waals surface area contributed by atoms with Crippen molar-refractivity contribution < 1.29 is 18.6 Å². The molecule has 0 aliphatic heterocycles. The number of benzene rings is 1. The van der Waals surface area contributed by atoms with E-state index in [2.05, 4.69) is 5.32 Å². The molecule has 2 aromatic rings. The summed E-state index contributed by atoms with van der Waals surface area (Å²) < 4.78 is 31.0. The van der Waals surface area contributed by atoms with E-state index in [0.717, 1.165) is 17.7 Å². The van der Waals surface area contributed by atoms with E-state index in [1.807, 2.05) is 23.8 Å². The van der Waals surface area contributed by atoms with Crippen molar-refractivity contribution in [2.45, 2.75) is 19.1 Å². The van der Waals surface area contributed by atoms with E-state index >= 15 is 0 Å².